The van der Waals surface area contributed by atoms with Gasteiger partial charge in [-0.05, 0) is 147 Å². The third-order valence-corrected chi connectivity index (χ3v) is 17.4. The van der Waals surface area contributed by atoms with E-state index >= 15 is 0 Å². The number of rotatable bonds is 0. The van der Waals surface area contributed by atoms with Gasteiger partial charge in [0.15, 0.2) is 11.6 Å². The predicted octanol–water partition coefficient (Wildman–Crippen LogP) is 19.8. The largest absolute Gasteiger partial charge is 0.367 e. The zero-order valence-corrected chi connectivity index (χ0v) is 69.4. The molecule has 6 rings (SSSR count). The van der Waals surface area contributed by atoms with Gasteiger partial charge in [0, 0.05) is 60.8 Å². The van der Waals surface area contributed by atoms with Crippen molar-refractivity contribution in [2.75, 3.05) is 21.1 Å². The van der Waals surface area contributed by atoms with E-state index in [4.69, 9.17) is 0 Å². The maximum absolute atomic E-state index is 12.5. The zero-order valence-electron chi connectivity index (χ0n) is 69.4. The smallest absolute Gasteiger partial charge is 0.327 e. The van der Waals surface area contributed by atoms with Gasteiger partial charge in [-0.1, -0.05) is 231 Å². The summed E-state index contributed by atoms with van der Waals surface area (Å²) < 4.78 is 0. The van der Waals surface area contributed by atoms with Crippen LogP contribution in [0.1, 0.15) is 328 Å². The van der Waals surface area contributed by atoms with Crippen LogP contribution in [0.5, 0.6) is 0 Å². The second-order valence-corrected chi connectivity index (χ2v) is 39.4. The van der Waals surface area contributed by atoms with Crippen LogP contribution in [-0.4, -0.2) is 166 Å². The van der Waals surface area contributed by atoms with E-state index in [-0.39, 0.29) is 182 Å². The van der Waals surface area contributed by atoms with Gasteiger partial charge in [0.1, 0.15) is 23.8 Å². The normalized spacial score (nSPS) is 22.2. The minimum Gasteiger partial charge on any atom is -0.367 e. The summed E-state index contributed by atoms with van der Waals surface area (Å²) in [5.41, 5.74) is 0.657. The fourth-order valence-electron chi connectivity index (χ4n) is 13.5. The van der Waals surface area contributed by atoms with Crippen LogP contribution in [0.3, 0.4) is 0 Å². The number of urea groups is 1. The topological polar surface area (TPSA) is 201 Å². The van der Waals surface area contributed by atoms with Crippen molar-refractivity contribution in [3.8, 4) is 0 Å². The predicted molar refractivity (Wildman–Crippen MR) is 436 cm³/mol. The van der Waals surface area contributed by atoms with Crippen LogP contribution in [-0.2, 0) is 38.4 Å². The van der Waals surface area contributed by atoms with Gasteiger partial charge in [0.25, 0.3) is 23.6 Å². The molecule has 0 aromatic rings. The SMILES string of the molecule is C.C.C.C.C.C.CC.CC(C)(C)C1C=CC(=O)N(C(C)(C)C)C1=O.CC1=C(C(C)(C)C)C(=O)C(C(C)(C)C)N1C.CC1=NC(C(C)(C)C)C(=O)N1C(C)(C)C.CC1=NN(C(C)(C)C)C(=O)C1C(C)(C)C.CN1C(=O)C(C(C)(C)C)C(=O)C1C(C)(C)C.CN1C(=O)N(C(C)(C)C)C(=O)C1C(C)(C)C. The fraction of sp³-hybridized carbons (Fsp3) is 0.821. The molecule has 8 amide bonds. The maximum Gasteiger partial charge on any atom is 0.327 e. The number of hydrogen-bond acceptors (Lipinski definition) is 12. The number of carbonyl (C=O) groups excluding carboxylic acids is 9. The number of amides is 8. The first kappa shape index (κ1) is 110. The summed E-state index contributed by atoms with van der Waals surface area (Å²) in [6, 6.07) is -1.08. The molecule has 6 aliphatic rings. The van der Waals surface area contributed by atoms with Crippen molar-refractivity contribution in [1.82, 2.24) is 34.4 Å². The van der Waals surface area contributed by atoms with Gasteiger partial charge >= 0.3 is 6.03 Å². The molecule has 0 saturated carbocycles. The monoisotopic (exact) mass is 1440 g/mol. The van der Waals surface area contributed by atoms with Crippen LogP contribution in [0.2, 0.25) is 0 Å². The molecule has 7 atom stereocenters. The minimum absolute atomic E-state index is 0. The Labute approximate surface area is 629 Å². The number of carbonyl (C=O) groups is 9. The van der Waals surface area contributed by atoms with Crippen LogP contribution in [0.25, 0.3) is 0 Å². The molecular weight excluding hydrogens is 1280 g/mol. The maximum atomic E-state index is 12.5. The molecule has 0 spiro atoms. The number of Topliss-reactive ketones (excluding diaryl/α,β-unsaturated/α-hetero) is 2. The first-order valence-electron chi connectivity index (χ1n) is 34.8. The van der Waals surface area contributed by atoms with Crippen molar-refractivity contribution in [2.24, 2.45) is 71.2 Å². The molecule has 6 aliphatic heterocycles. The van der Waals surface area contributed by atoms with Crippen LogP contribution >= 0.6 is 0 Å². The van der Waals surface area contributed by atoms with Gasteiger partial charge in [-0.25, -0.2) is 9.80 Å². The average Bonchev–Trinajstić information content (AvgIpc) is 1.56. The van der Waals surface area contributed by atoms with E-state index in [9.17, 15) is 43.2 Å². The highest BCUT2D eigenvalue weighted by Gasteiger charge is 2.55. The minimum atomic E-state index is -0.485. The molecule has 0 aromatic carbocycles. The lowest BCUT2D eigenvalue weighted by atomic mass is 9.75. The first-order chi connectivity index (χ1) is 42.1. The van der Waals surface area contributed by atoms with Gasteiger partial charge < -0.3 is 14.7 Å². The van der Waals surface area contributed by atoms with Crippen molar-refractivity contribution in [2.45, 2.75) is 375 Å². The number of imide groups is 2. The molecule has 0 N–H and O–H groups in total. The first-order valence-corrected chi connectivity index (χ1v) is 34.8. The molecule has 102 heavy (non-hydrogen) atoms. The van der Waals surface area contributed by atoms with Gasteiger partial charge in [-0.2, -0.15) is 5.10 Å². The lowest BCUT2D eigenvalue weighted by molar-refractivity contribution is -0.153. The van der Waals surface area contributed by atoms with Crippen molar-refractivity contribution < 1.29 is 43.2 Å². The molecule has 18 heteroatoms. The summed E-state index contributed by atoms with van der Waals surface area (Å²) in [4.78, 5) is 124. The highest BCUT2D eigenvalue weighted by atomic mass is 16.2. The van der Waals surface area contributed by atoms with Crippen LogP contribution < -0.4 is 0 Å². The molecule has 2 saturated heterocycles. The molecule has 0 aliphatic carbocycles. The van der Waals surface area contributed by atoms with E-state index < -0.39 is 17.0 Å². The van der Waals surface area contributed by atoms with E-state index in [0.717, 1.165) is 22.8 Å². The summed E-state index contributed by atoms with van der Waals surface area (Å²) in [6.45, 7) is 82.3. The summed E-state index contributed by atoms with van der Waals surface area (Å²) in [7, 11) is 5.46. The highest BCUT2D eigenvalue weighted by Crippen LogP contribution is 2.44. The Morgan fingerprint density at radius 2 is 0.735 bits per heavy atom. The molecule has 600 valence electrons. The second kappa shape index (κ2) is 37.1. The van der Waals surface area contributed by atoms with E-state index in [1.807, 2.05) is 206 Å². The summed E-state index contributed by atoms with van der Waals surface area (Å²) in [5, 5.41) is 6.01. The highest BCUT2D eigenvalue weighted by molar-refractivity contribution is 6.12. The number of hydrazone groups is 1. The Kier molecular flexibility index (Phi) is 40.0. The van der Waals surface area contributed by atoms with Crippen molar-refractivity contribution in [1.29, 1.82) is 0 Å². The number of likely N-dealkylation sites (tertiary alicyclic amines) is 1. The standard InChI is InChI=1S/C14H25NO.C13H23NO2.C13H21NO2.C12H22N2O2.2C12H22N2O.C2H6.6CH4/c1-9-10(13(2,3)4)11(16)12(15(9)8)14(5,6)7;1-12(2,3)8-9(15)10(13(4,5)6)14(7)11(8)16;1-12(2,3)9-7-8-10(15)14(11(9)16)13(4,5)6;1-11(2,3)8-9(15)14(12(4,5)6)10(16)13(8)7;1-8-13-9(11(2,3)4)10(15)14(8)12(5,6)7;1-8-9(11(2,3)4)10(15)14(13-8)12(5,6)7;1-2;;;;;;/h12H,1-8H3;8,10H,1-7H3;7-9H,1-6H3;8H,1-7H3;2*9H,1-7H3;1-2H3;6*1H4. The third kappa shape index (κ3) is 26.8. The summed E-state index contributed by atoms with van der Waals surface area (Å²) in [6.07, 6.45) is 3.25. The Balaban J connectivity index is -0.000000209. The number of likely N-dealkylation sites (N-methyl/N-ethyl adjacent to an activating group) is 3. The molecule has 0 bridgehead atoms. The number of aliphatic imine (C=N–C) groups is 1. The lowest BCUT2D eigenvalue weighted by Gasteiger charge is -2.40. The molecule has 7 unspecified atom stereocenters. The van der Waals surface area contributed by atoms with Crippen molar-refractivity contribution >= 4 is 64.6 Å². The van der Waals surface area contributed by atoms with E-state index in [2.05, 4.69) is 105 Å². The molecule has 0 aromatic heterocycles. The van der Waals surface area contributed by atoms with Gasteiger partial charge in [0.2, 0.25) is 11.8 Å². The summed E-state index contributed by atoms with van der Waals surface area (Å²) >= 11 is 0. The number of nitrogens with zero attached hydrogens (tertiary/aromatic N) is 9. The molecule has 18 nitrogen and oxygen atoms in total. The Hall–Kier alpha value is -5.55. The van der Waals surface area contributed by atoms with E-state index in [0.29, 0.717) is 5.78 Å². The summed E-state index contributed by atoms with van der Waals surface area (Å²) in [5.74, 6) is 0.290. The van der Waals surface area contributed by atoms with Gasteiger partial charge in [0.05, 0.1) is 29.5 Å². The van der Waals surface area contributed by atoms with Gasteiger partial charge in [-0.15, -0.1) is 0 Å². The third-order valence-electron chi connectivity index (χ3n) is 17.4. The van der Waals surface area contributed by atoms with Crippen LogP contribution in [0.4, 0.5) is 4.79 Å². The number of ketones is 2. The molecule has 6 heterocycles. The second-order valence-electron chi connectivity index (χ2n) is 39.4. The molecular formula is C84H165N9O9. The molecule has 0 radical (unpaired) electrons. The lowest BCUT2D eigenvalue weighted by Crippen LogP contribution is -2.54. The van der Waals surface area contributed by atoms with E-state index in [1.54, 1.807) is 35.0 Å². The van der Waals surface area contributed by atoms with Crippen molar-refractivity contribution in [3.05, 3.63) is 23.4 Å². The Bertz CT molecular complexity index is 2840. The van der Waals surface area contributed by atoms with Gasteiger partial charge in [-0.3, -0.25) is 58.0 Å². The quantitative estimate of drug-likeness (QED) is 0.128. The Morgan fingerprint density at radius 1 is 0.363 bits per heavy atom. The zero-order chi connectivity index (χ0) is 77.4. The number of hydrogen-bond donors (Lipinski definition) is 0. The number of allylic oxidation sites excluding steroid dienone is 1. The van der Waals surface area contributed by atoms with Crippen LogP contribution in [0.15, 0.2) is 33.5 Å². The fourth-order valence-corrected chi connectivity index (χ4v) is 13.5. The molecule has 2 fully saturated rings. The van der Waals surface area contributed by atoms with E-state index in [1.165, 1.54) is 15.9 Å². The van der Waals surface area contributed by atoms with Crippen molar-refractivity contribution in [3.63, 3.8) is 0 Å². The average molecular weight is 1450 g/mol. The Morgan fingerprint density at radius 3 is 0.941 bits per heavy atom. The van der Waals surface area contributed by atoms with Crippen LogP contribution in [0, 0.1) is 61.1 Å². The number of amidine groups is 1.